The largest absolute Gasteiger partial charge is 0.253 e. The summed E-state index contributed by atoms with van der Waals surface area (Å²) in [5.41, 5.74) is 2.98. The summed E-state index contributed by atoms with van der Waals surface area (Å²) in [7, 11) is -3.81. The van der Waals surface area contributed by atoms with Gasteiger partial charge in [0.15, 0.2) is 0 Å². The molecule has 1 saturated heterocycles. The molecule has 2 heterocycles. The molecule has 8 heteroatoms. The van der Waals surface area contributed by atoms with Crippen LogP contribution in [0.3, 0.4) is 0 Å². The van der Waals surface area contributed by atoms with E-state index < -0.39 is 28.8 Å². The van der Waals surface area contributed by atoms with Gasteiger partial charge in [0.1, 0.15) is 0 Å². The minimum Gasteiger partial charge on any atom is -0.253 e. The quantitative estimate of drug-likeness (QED) is 0.685. The van der Waals surface area contributed by atoms with E-state index in [9.17, 15) is 17.2 Å². The Morgan fingerprint density at radius 1 is 0.889 bits per heavy atom. The Morgan fingerprint density at radius 3 is 2.30 bits per heavy atom. The van der Waals surface area contributed by atoms with E-state index in [1.807, 2.05) is 18.2 Å². The van der Waals surface area contributed by atoms with Crippen LogP contribution in [-0.2, 0) is 10.0 Å². The van der Waals surface area contributed by atoms with Gasteiger partial charge in [-0.25, -0.2) is 17.2 Å². The molecule has 1 fully saturated rings. The zero-order valence-electron chi connectivity index (χ0n) is 14.3. The maximum absolute atomic E-state index is 13.3. The molecule has 0 N–H and O–H groups in total. The van der Waals surface area contributed by atoms with Crippen molar-refractivity contribution in [2.24, 2.45) is 0 Å². The van der Waals surface area contributed by atoms with Crippen LogP contribution in [0.25, 0.3) is 22.2 Å². The molecule has 5 nitrogen and oxygen atoms in total. The van der Waals surface area contributed by atoms with E-state index in [-0.39, 0.29) is 18.0 Å². The van der Waals surface area contributed by atoms with Crippen molar-refractivity contribution in [1.29, 1.82) is 0 Å². The average Bonchev–Trinajstić information content (AvgIpc) is 2.67. The maximum Gasteiger partial charge on any atom is 0.250 e. The number of aromatic nitrogens is 2. The van der Waals surface area contributed by atoms with Crippen molar-refractivity contribution in [3.05, 3.63) is 54.9 Å². The molecule has 1 aromatic heterocycles. The lowest BCUT2D eigenvalue weighted by atomic mass is 10.1. The third-order valence-electron chi connectivity index (χ3n) is 4.73. The lowest BCUT2D eigenvalue weighted by Crippen LogP contribution is -2.42. The van der Waals surface area contributed by atoms with Crippen molar-refractivity contribution in [2.45, 2.75) is 23.7 Å². The van der Waals surface area contributed by atoms with E-state index in [1.165, 1.54) is 6.07 Å². The normalized spacial score (nSPS) is 17.9. The number of nitrogens with zero attached hydrogens (tertiary/aromatic N) is 3. The number of hydrogen-bond donors (Lipinski definition) is 0. The molecule has 0 atom stereocenters. The van der Waals surface area contributed by atoms with Gasteiger partial charge in [-0.1, -0.05) is 18.2 Å². The third kappa shape index (κ3) is 3.54. The van der Waals surface area contributed by atoms with Gasteiger partial charge in [-0.3, -0.25) is 9.97 Å². The fourth-order valence-electron chi connectivity index (χ4n) is 3.18. The monoisotopic (exact) mass is 389 g/mol. The van der Waals surface area contributed by atoms with Crippen molar-refractivity contribution in [1.82, 2.24) is 14.3 Å². The van der Waals surface area contributed by atoms with Gasteiger partial charge in [0.2, 0.25) is 10.0 Å². The number of sulfonamides is 1. The second-order valence-corrected chi connectivity index (χ2v) is 8.49. The number of halogens is 2. The molecule has 2 aromatic carbocycles. The molecular formula is C19H17F2N3O2S. The number of hydrogen-bond acceptors (Lipinski definition) is 4. The van der Waals surface area contributed by atoms with Crippen molar-refractivity contribution in [3.63, 3.8) is 0 Å². The highest BCUT2D eigenvalue weighted by Crippen LogP contribution is 2.32. The van der Waals surface area contributed by atoms with Gasteiger partial charge in [-0.15, -0.1) is 0 Å². The van der Waals surface area contributed by atoms with Crippen molar-refractivity contribution in [3.8, 4) is 11.1 Å². The molecule has 1 aliphatic rings. The zero-order chi connectivity index (χ0) is 19.1. The van der Waals surface area contributed by atoms with Crippen molar-refractivity contribution < 1.29 is 17.2 Å². The highest BCUT2D eigenvalue weighted by atomic mass is 32.2. The first-order chi connectivity index (χ1) is 12.9. The van der Waals surface area contributed by atoms with Crippen LogP contribution in [0, 0.1) is 0 Å². The summed E-state index contributed by atoms with van der Waals surface area (Å²) >= 11 is 0. The summed E-state index contributed by atoms with van der Waals surface area (Å²) < 4.78 is 53.5. The van der Waals surface area contributed by atoms with E-state index in [0.717, 1.165) is 15.4 Å². The molecule has 3 aromatic rings. The SMILES string of the molecule is O=S(=O)(c1cccc(-c2ccc3nccnc3c2)c1)N1CCC(F)(F)CC1. The minimum absolute atomic E-state index is 0.101. The summed E-state index contributed by atoms with van der Waals surface area (Å²) in [6, 6.07) is 12.0. The van der Waals surface area contributed by atoms with Crippen molar-refractivity contribution in [2.75, 3.05) is 13.1 Å². The molecule has 27 heavy (non-hydrogen) atoms. The van der Waals surface area contributed by atoms with Gasteiger partial charge in [-0.2, -0.15) is 4.31 Å². The Hall–Kier alpha value is -2.45. The molecular weight excluding hydrogens is 372 g/mol. The van der Waals surface area contributed by atoms with E-state index in [1.54, 1.807) is 30.6 Å². The van der Waals surface area contributed by atoms with Crippen LogP contribution in [0.4, 0.5) is 8.78 Å². The average molecular weight is 389 g/mol. The van der Waals surface area contributed by atoms with Crippen LogP contribution in [0.2, 0.25) is 0 Å². The summed E-state index contributed by atoms with van der Waals surface area (Å²) in [6.45, 7) is -0.351. The maximum atomic E-state index is 13.3. The Bertz CT molecular complexity index is 1090. The van der Waals surface area contributed by atoms with Gasteiger partial charge in [0.25, 0.3) is 5.92 Å². The van der Waals surface area contributed by atoms with E-state index >= 15 is 0 Å². The van der Waals surface area contributed by atoms with Crippen LogP contribution in [0.1, 0.15) is 12.8 Å². The first-order valence-electron chi connectivity index (χ1n) is 8.54. The lowest BCUT2D eigenvalue weighted by molar-refractivity contribution is -0.0412. The van der Waals surface area contributed by atoms with E-state index in [0.29, 0.717) is 11.1 Å². The molecule has 0 spiro atoms. The highest BCUT2D eigenvalue weighted by molar-refractivity contribution is 7.89. The van der Waals surface area contributed by atoms with Gasteiger partial charge in [0.05, 0.1) is 15.9 Å². The number of piperidine rings is 1. The highest BCUT2D eigenvalue weighted by Gasteiger charge is 2.38. The molecule has 0 amide bonds. The minimum atomic E-state index is -3.81. The first-order valence-corrected chi connectivity index (χ1v) is 9.98. The zero-order valence-corrected chi connectivity index (χ0v) is 15.2. The molecule has 0 saturated carbocycles. The van der Waals surface area contributed by atoms with E-state index in [4.69, 9.17) is 0 Å². The smallest absolute Gasteiger partial charge is 0.250 e. The standard InChI is InChI=1S/C19H17F2N3O2S/c20-19(21)6-10-24(11-7-19)27(25,26)16-3-1-2-14(12-16)15-4-5-17-18(13-15)23-9-8-22-17/h1-5,8-9,12-13H,6-7,10-11H2. The van der Waals surface area contributed by atoms with Gasteiger partial charge in [0, 0.05) is 38.3 Å². The van der Waals surface area contributed by atoms with Crippen LogP contribution in [0.5, 0.6) is 0 Å². The van der Waals surface area contributed by atoms with E-state index in [2.05, 4.69) is 9.97 Å². The second-order valence-electron chi connectivity index (χ2n) is 6.55. The molecule has 0 unspecified atom stereocenters. The second kappa shape index (κ2) is 6.61. The molecule has 0 bridgehead atoms. The lowest BCUT2D eigenvalue weighted by Gasteiger charge is -2.31. The Morgan fingerprint density at radius 2 is 1.56 bits per heavy atom. The Kier molecular flexibility index (Phi) is 4.39. The van der Waals surface area contributed by atoms with Crippen LogP contribution in [-0.4, -0.2) is 41.7 Å². The number of rotatable bonds is 3. The van der Waals surface area contributed by atoms with Crippen LogP contribution in [0.15, 0.2) is 59.8 Å². The summed E-state index contributed by atoms with van der Waals surface area (Å²) in [5.74, 6) is -2.79. The van der Waals surface area contributed by atoms with Gasteiger partial charge >= 0.3 is 0 Å². The van der Waals surface area contributed by atoms with Gasteiger partial charge < -0.3 is 0 Å². The molecule has 140 valence electrons. The van der Waals surface area contributed by atoms with Crippen LogP contribution >= 0.6 is 0 Å². The fourth-order valence-corrected chi connectivity index (χ4v) is 4.67. The van der Waals surface area contributed by atoms with Crippen molar-refractivity contribution >= 4 is 21.1 Å². The molecule has 0 aliphatic carbocycles. The number of fused-ring (bicyclic) bond motifs is 1. The summed E-state index contributed by atoms with van der Waals surface area (Å²) in [4.78, 5) is 8.59. The third-order valence-corrected chi connectivity index (χ3v) is 6.62. The first kappa shape index (κ1) is 17.9. The molecule has 4 rings (SSSR count). The van der Waals surface area contributed by atoms with Gasteiger partial charge in [-0.05, 0) is 35.4 Å². The Balaban J connectivity index is 1.67. The Labute approximate surface area is 155 Å². The topological polar surface area (TPSA) is 63.2 Å². The molecule has 0 radical (unpaired) electrons. The fraction of sp³-hybridized carbons (Fsp3) is 0.263. The predicted molar refractivity (Wildman–Crippen MR) is 97.9 cm³/mol. The summed E-state index contributed by atoms with van der Waals surface area (Å²) in [6.07, 6.45) is 2.31. The number of benzene rings is 2. The summed E-state index contributed by atoms with van der Waals surface area (Å²) in [5, 5.41) is 0. The number of alkyl halides is 2. The predicted octanol–water partition coefficient (Wildman–Crippen LogP) is 3.72. The van der Waals surface area contributed by atoms with Crippen LogP contribution < -0.4 is 0 Å². The molecule has 1 aliphatic heterocycles.